The summed E-state index contributed by atoms with van der Waals surface area (Å²) in [7, 11) is 0. The normalized spacial score (nSPS) is 11.2. The lowest BCUT2D eigenvalue weighted by atomic mass is 10.0. The molecule has 3 nitrogen and oxygen atoms in total. The van der Waals surface area contributed by atoms with Gasteiger partial charge < -0.3 is 10.6 Å². The van der Waals surface area contributed by atoms with Crippen LogP contribution in [-0.2, 0) is 0 Å². The van der Waals surface area contributed by atoms with Crippen molar-refractivity contribution in [3.05, 3.63) is 28.8 Å². The standard InChI is InChI=1S/C16H26N2O/c1-10(2)9-18(11(3)4)16(19)14-8-15(17)13(6)7-12(14)5/h7-8,10-11H,9,17H2,1-6H3. The van der Waals surface area contributed by atoms with Crippen molar-refractivity contribution < 1.29 is 4.79 Å². The van der Waals surface area contributed by atoms with Crippen molar-refractivity contribution in [1.29, 1.82) is 0 Å². The molecule has 1 aromatic rings. The second-order valence-corrected chi connectivity index (χ2v) is 5.97. The third-order valence-corrected chi connectivity index (χ3v) is 3.29. The maximum absolute atomic E-state index is 12.7. The van der Waals surface area contributed by atoms with Crippen molar-refractivity contribution in [2.24, 2.45) is 5.92 Å². The summed E-state index contributed by atoms with van der Waals surface area (Å²) in [5, 5.41) is 0. The van der Waals surface area contributed by atoms with Crippen LogP contribution in [0.15, 0.2) is 12.1 Å². The van der Waals surface area contributed by atoms with Crippen LogP contribution < -0.4 is 5.73 Å². The summed E-state index contributed by atoms with van der Waals surface area (Å²) in [4.78, 5) is 14.6. The largest absolute Gasteiger partial charge is 0.398 e. The Morgan fingerprint density at radius 2 is 1.74 bits per heavy atom. The second kappa shape index (κ2) is 6.09. The molecule has 1 amide bonds. The van der Waals surface area contributed by atoms with Crippen molar-refractivity contribution in [2.75, 3.05) is 12.3 Å². The summed E-state index contributed by atoms with van der Waals surface area (Å²) in [6, 6.07) is 3.98. The monoisotopic (exact) mass is 262 g/mol. The number of nitrogens with two attached hydrogens (primary N) is 1. The summed E-state index contributed by atoms with van der Waals surface area (Å²) in [6.45, 7) is 13.0. The van der Waals surface area contributed by atoms with Crippen LogP contribution in [0.1, 0.15) is 49.2 Å². The van der Waals surface area contributed by atoms with E-state index in [0.29, 0.717) is 11.6 Å². The van der Waals surface area contributed by atoms with Gasteiger partial charge in [0, 0.05) is 23.8 Å². The van der Waals surface area contributed by atoms with E-state index in [9.17, 15) is 4.79 Å². The Bertz CT molecular complexity index is 464. The van der Waals surface area contributed by atoms with Gasteiger partial charge in [0.15, 0.2) is 0 Å². The number of amides is 1. The van der Waals surface area contributed by atoms with Crippen LogP contribution in [0.5, 0.6) is 0 Å². The Kier molecular flexibility index (Phi) is 4.98. The smallest absolute Gasteiger partial charge is 0.254 e. The molecule has 0 aromatic heterocycles. The van der Waals surface area contributed by atoms with Gasteiger partial charge in [-0.05, 0) is 50.8 Å². The Balaban J connectivity index is 3.13. The molecule has 0 fully saturated rings. The summed E-state index contributed by atoms with van der Waals surface area (Å²) in [5.74, 6) is 0.530. The molecule has 19 heavy (non-hydrogen) atoms. The molecule has 106 valence electrons. The molecule has 0 saturated carbocycles. The topological polar surface area (TPSA) is 46.3 Å². The van der Waals surface area contributed by atoms with E-state index in [-0.39, 0.29) is 11.9 Å². The van der Waals surface area contributed by atoms with Crippen LogP contribution in [-0.4, -0.2) is 23.4 Å². The molecule has 0 aliphatic rings. The second-order valence-electron chi connectivity index (χ2n) is 5.97. The van der Waals surface area contributed by atoms with Gasteiger partial charge in [0.05, 0.1) is 0 Å². The number of hydrogen-bond donors (Lipinski definition) is 1. The molecule has 1 rings (SSSR count). The number of carbonyl (C=O) groups excluding carboxylic acids is 1. The fraction of sp³-hybridized carbons (Fsp3) is 0.562. The minimum Gasteiger partial charge on any atom is -0.398 e. The number of nitrogen functional groups attached to an aromatic ring is 1. The minimum atomic E-state index is 0.0768. The number of anilines is 1. The summed E-state index contributed by atoms with van der Waals surface area (Å²) < 4.78 is 0. The van der Waals surface area contributed by atoms with Crippen molar-refractivity contribution in [1.82, 2.24) is 4.90 Å². The van der Waals surface area contributed by atoms with E-state index in [1.165, 1.54) is 0 Å². The van der Waals surface area contributed by atoms with Crippen molar-refractivity contribution >= 4 is 11.6 Å². The van der Waals surface area contributed by atoms with Crippen LogP contribution in [0.3, 0.4) is 0 Å². The zero-order chi connectivity index (χ0) is 14.7. The van der Waals surface area contributed by atoms with Crippen molar-refractivity contribution in [3.63, 3.8) is 0 Å². The number of hydrogen-bond acceptors (Lipinski definition) is 2. The maximum Gasteiger partial charge on any atom is 0.254 e. The van der Waals surface area contributed by atoms with E-state index in [1.807, 2.05) is 44.7 Å². The predicted molar refractivity (Wildman–Crippen MR) is 81.3 cm³/mol. The van der Waals surface area contributed by atoms with Crippen LogP contribution >= 0.6 is 0 Å². The Morgan fingerprint density at radius 3 is 2.21 bits per heavy atom. The van der Waals surface area contributed by atoms with Crippen molar-refractivity contribution in [2.45, 2.75) is 47.6 Å². The van der Waals surface area contributed by atoms with Gasteiger partial charge >= 0.3 is 0 Å². The highest BCUT2D eigenvalue weighted by Crippen LogP contribution is 2.20. The van der Waals surface area contributed by atoms with Gasteiger partial charge in [0.2, 0.25) is 0 Å². The average molecular weight is 262 g/mol. The number of nitrogens with zero attached hydrogens (tertiary/aromatic N) is 1. The maximum atomic E-state index is 12.7. The first-order valence-corrected chi connectivity index (χ1v) is 6.91. The van der Waals surface area contributed by atoms with Gasteiger partial charge in [-0.1, -0.05) is 19.9 Å². The molecule has 0 aliphatic heterocycles. The first-order chi connectivity index (χ1) is 8.73. The molecule has 2 N–H and O–H groups in total. The van der Waals surface area contributed by atoms with E-state index in [1.54, 1.807) is 0 Å². The first-order valence-electron chi connectivity index (χ1n) is 6.91. The molecular weight excluding hydrogens is 236 g/mol. The van der Waals surface area contributed by atoms with Crippen LogP contribution in [0.2, 0.25) is 0 Å². The molecule has 0 heterocycles. The molecule has 0 radical (unpaired) electrons. The third kappa shape index (κ3) is 3.72. The molecule has 0 aliphatic carbocycles. The molecule has 0 spiro atoms. The van der Waals surface area contributed by atoms with E-state index in [2.05, 4.69) is 13.8 Å². The van der Waals surface area contributed by atoms with Crippen LogP contribution in [0.25, 0.3) is 0 Å². The van der Waals surface area contributed by atoms with Crippen molar-refractivity contribution in [3.8, 4) is 0 Å². The van der Waals surface area contributed by atoms with E-state index in [4.69, 9.17) is 5.73 Å². The highest BCUT2D eigenvalue weighted by atomic mass is 16.2. The van der Waals surface area contributed by atoms with E-state index < -0.39 is 0 Å². The van der Waals surface area contributed by atoms with Gasteiger partial charge in [-0.2, -0.15) is 0 Å². The van der Waals surface area contributed by atoms with Gasteiger partial charge in [-0.3, -0.25) is 4.79 Å². The zero-order valence-corrected chi connectivity index (χ0v) is 12.9. The van der Waals surface area contributed by atoms with Gasteiger partial charge in [0.1, 0.15) is 0 Å². The molecule has 0 atom stereocenters. The highest BCUT2D eigenvalue weighted by molar-refractivity contribution is 5.97. The Hall–Kier alpha value is -1.51. The SMILES string of the molecule is Cc1cc(C)c(C(=O)N(CC(C)C)C(C)C)cc1N. The number of benzene rings is 1. The third-order valence-electron chi connectivity index (χ3n) is 3.29. The first kappa shape index (κ1) is 15.5. The lowest BCUT2D eigenvalue weighted by molar-refractivity contribution is 0.0681. The van der Waals surface area contributed by atoms with Gasteiger partial charge in [-0.25, -0.2) is 0 Å². The summed E-state index contributed by atoms with van der Waals surface area (Å²) in [6.07, 6.45) is 0. The predicted octanol–water partition coefficient (Wildman–Crippen LogP) is 3.39. The lowest BCUT2D eigenvalue weighted by Gasteiger charge is -2.29. The molecular formula is C16H26N2O. The molecule has 1 aromatic carbocycles. The van der Waals surface area contributed by atoms with Crippen LogP contribution in [0, 0.1) is 19.8 Å². The van der Waals surface area contributed by atoms with Gasteiger partial charge in [0.25, 0.3) is 5.91 Å². The number of carbonyl (C=O) groups is 1. The average Bonchev–Trinajstić information content (AvgIpc) is 2.29. The summed E-state index contributed by atoms with van der Waals surface area (Å²) in [5.41, 5.74) is 9.35. The Labute approximate surface area is 116 Å². The van der Waals surface area contributed by atoms with Crippen LogP contribution in [0.4, 0.5) is 5.69 Å². The fourth-order valence-corrected chi connectivity index (χ4v) is 2.18. The molecule has 0 unspecified atom stereocenters. The highest BCUT2D eigenvalue weighted by Gasteiger charge is 2.21. The zero-order valence-electron chi connectivity index (χ0n) is 12.9. The fourth-order valence-electron chi connectivity index (χ4n) is 2.18. The molecule has 0 bridgehead atoms. The van der Waals surface area contributed by atoms with E-state index >= 15 is 0 Å². The number of rotatable bonds is 4. The minimum absolute atomic E-state index is 0.0768. The molecule has 3 heteroatoms. The quantitative estimate of drug-likeness (QED) is 0.845. The molecule has 0 saturated heterocycles. The van der Waals surface area contributed by atoms with E-state index in [0.717, 1.165) is 23.2 Å². The lowest BCUT2D eigenvalue weighted by Crippen LogP contribution is -2.39. The Morgan fingerprint density at radius 1 is 1.16 bits per heavy atom. The summed E-state index contributed by atoms with van der Waals surface area (Å²) >= 11 is 0. The number of aryl methyl sites for hydroxylation is 2. The van der Waals surface area contributed by atoms with Gasteiger partial charge in [-0.15, -0.1) is 0 Å².